The van der Waals surface area contributed by atoms with Gasteiger partial charge in [0.1, 0.15) is 5.75 Å². The van der Waals surface area contributed by atoms with E-state index in [1.807, 2.05) is 0 Å². The number of piperazine rings is 1. The van der Waals surface area contributed by atoms with Crippen molar-refractivity contribution < 1.29 is 27.2 Å². The Morgan fingerprint density at radius 3 is 2.29 bits per heavy atom. The van der Waals surface area contributed by atoms with Gasteiger partial charge < -0.3 is 18.9 Å². The van der Waals surface area contributed by atoms with Gasteiger partial charge in [0, 0.05) is 51.8 Å². The van der Waals surface area contributed by atoms with Crippen molar-refractivity contribution in [2.24, 2.45) is 0 Å². The first kappa shape index (κ1) is 21.7. The van der Waals surface area contributed by atoms with Crippen LogP contribution in [0.2, 0.25) is 0 Å². The highest BCUT2D eigenvalue weighted by atomic mass is 32.2. The predicted octanol–water partition coefficient (Wildman–Crippen LogP) is 0.292. The number of ether oxygens (including phenoxy) is 2. The van der Waals surface area contributed by atoms with Crippen LogP contribution in [-0.2, 0) is 21.6 Å². The molecule has 0 saturated carbocycles. The van der Waals surface area contributed by atoms with E-state index < -0.39 is 10.2 Å². The van der Waals surface area contributed by atoms with Crippen LogP contribution in [0.25, 0.3) is 0 Å². The van der Waals surface area contributed by atoms with Gasteiger partial charge in [0.25, 0.3) is 16.1 Å². The number of aryl methyl sites for hydroxylation is 1. The molecule has 0 atom stereocenters. The Hall–Kier alpha value is -2.54. The number of morpholine rings is 1. The van der Waals surface area contributed by atoms with Crippen molar-refractivity contribution >= 4 is 16.1 Å². The third kappa shape index (κ3) is 5.03. The summed E-state index contributed by atoms with van der Waals surface area (Å²) in [5.74, 6) is 1.36. The standard InChI is InChI=1S/C19H25N5O6S/c1-15-20-18(21-30-15)14-29-17-4-2-16(3-5-17)19(25)22-6-8-23(9-7-22)31(26,27)24-10-12-28-13-11-24/h2-5H,6-14H2,1H3. The number of benzene rings is 1. The maximum absolute atomic E-state index is 12.8. The molecule has 2 aliphatic rings. The van der Waals surface area contributed by atoms with E-state index in [0.29, 0.717) is 62.4 Å². The van der Waals surface area contributed by atoms with Crippen LogP contribution in [0.1, 0.15) is 22.1 Å². The van der Waals surface area contributed by atoms with E-state index in [1.165, 1.54) is 8.61 Å². The van der Waals surface area contributed by atoms with Crippen LogP contribution in [0.4, 0.5) is 0 Å². The Morgan fingerprint density at radius 2 is 1.68 bits per heavy atom. The number of amides is 1. The van der Waals surface area contributed by atoms with Crippen LogP contribution in [0.5, 0.6) is 5.75 Å². The second-order valence-electron chi connectivity index (χ2n) is 7.25. The zero-order valence-electron chi connectivity index (χ0n) is 17.3. The summed E-state index contributed by atoms with van der Waals surface area (Å²) in [6, 6.07) is 6.80. The number of aromatic nitrogens is 2. The Labute approximate surface area is 180 Å². The van der Waals surface area contributed by atoms with Crippen molar-refractivity contribution in [1.29, 1.82) is 0 Å². The SMILES string of the molecule is Cc1nc(COc2ccc(C(=O)N3CCN(S(=O)(=O)N4CCOCC4)CC3)cc2)no1. The highest BCUT2D eigenvalue weighted by Gasteiger charge is 2.34. The Bertz CT molecular complexity index is 995. The third-order valence-corrected chi connectivity index (χ3v) is 7.22. The molecule has 2 fully saturated rings. The van der Waals surface area contributed by atoms with Crippen molar-refractivity contribution in [3.05, 3.63) is 41.5 Å². The van der Waals surface area contributed by atoms with Gasteiger partial charge in [0.15, 0.2) is 6.61 Å². The number of hydrogen-bond donors (Lipinski definition) is 0. The summed E-state index contributed by atoms with van der Waals surface area (Å²) in [6.45, 7) is 4.66. The molecular weight excluding hydrogens is 426 g/mol. The van der Waals surface area contributed by atoms with Gasteiger partial charge in [-0.05, 0) is 24.3 Å². The summed E-state index contributed by atoms with van der Waals surface area (Å²) in [5, 5.41) is 3.76. The molecule has 0 spiro atoms. The molecule has 1 amide bonds. The van der Waals surface area contributed by atoms with Crippen LogP contribution < -0.4 is 4.74 Å². The molecule has 0 aliphatic carbocycles. The maximum atomic E-state index is 12.8. The van der Waals surface area contributed by atoms with Gasteiger partial charge in [-0.15, -0.1) is 0 Å². The second-order valence-corrected chi connectivity index (χ2v) is 9.18. The van der Waals surface area contributed by atoms with Gasteiger partial charge in [-0.2, -0.15) is 22.0 Å². The average molecular weight is 452 g/mol. The van der Waals surface area contributed by atoms with Gasteiger partial charge in [0.05, 0.1) is 13.2 Å². The first-order chi connectivity index (χ1) is 14.9. The topological polar surface area (TPSA) is 118 Å². The van der Waals surface area contributed by atoms with Crippen LogP contribution in [0.15, 0.2) is 28.8 Å². The quantitative estimate of drug-likeness (QED) is 0.615. The zero-order valence-corrected chi connectivity index (χ0v) is 18.1. The van der Waals surface area contributed by atoms with Gasteiger partial charge in [-0.3, -0.25) is 4.79 Å². The monoisotopic (exact) mass is 451 g/mol. The molecule has 168 valence electrons. The molecule has 2 aliphatic heterocycles. The Morgan fingerprint density at radius 1 is 1.03 bits per heavy atom. The second kappa shape index (κ2) is 9.30. The number of carbonyl (C=O) groups excluding carboxylic acids is 1. The minimum Gasteiger partial charge on any atom is -0.485 e. The molecule has 2 aromatic rings. The minimum atomic E-state index is -3.52. The van der Waals surface area contributed by atoms with Crippen molar-refractivity contribution in [1.82, 2.24) is 23.7 Å². The van der Waals surface area contributed by atoms with E-state index in [9.17, 15) is 13.2 Å². The van der Waals surface area contributed by atoms with Crippen LogP contribution in [0, 0.1) is 6.92 Å². The van der Waals surface area contributed by atoms with E-state index in [4.69, 9.17) is 14.0 Å². The summed E-state index contributed by atoms with van der Waals surface area (Å²) >= 11 is 0. The lowest BCUT2D eigenvalue weighted by molar-refractivity contribution is 0.0636. The highest BCUT2D eigenvalue weighted by Crippen LogP contribution is 2.18. The Kier molecular flexibility index (Phi) is 6.51. The lowest BCUT2D eigenvalue weighted by Gasteiger charge is -2.37. The number of nitrogens with zero attached hydrogens (tertiary/aromatic N) is 5. The maximum Gasteiger partial charge on any atom is 0.282 e. The molecule has 0 N–H and O–H groups in total. The van der Waals surface area contributed by atoms with E-state index >= 15 is 0 Å². The molecule has 0 unspecified atom stereocenters. The molecule has 3 heterocycles. The molecular formula is C19H25N5O6S. The molecule has 11 nitrogen and oxygen atoms in total. The smallest absolute Gasteiger partial charge is 0.282 e. The van der Waals surface area contributed by atoms with E-state index in [1.54, 1.807) is 36.1 Å². The highest BCUT2D eigenvalue weighted by molar-refractivity contribution is 7.86. The van der Waals surface area contributed by atoms with Crippen LogP contribution in [-0.4, -0.2) is 90.5 Å². The summed E-state index contributed by atoms with van der Waals surface area (Å²) in [4.78, 5) is 18.5. The molecule has 31 heavy (non-hydrogen) atoms. The lowest BCUT2D eigenvalue weighted by Crippen LogP contribution is -2.55. The van der Waals surface area contributed by atoms with Crippen molar-refractivity contribution in [3.63, 3.8) is 0 Å². The first-order valence-corrected chi connectivity index (χ1v) is 11.5. The molecule has 4 rings (SSSR count). The fourth-order valence-electron chi connectivity index (χ4n) is 3.49. The number of rotatable bonds is 6. The molecule has 1 aromatic heterocycles. The molecule has 0 bridgehead atoms. The normalized spacial score (nSPS) is 18.8. The minimum absolute atomic E-state index is 0.135. The average Bonchev–Trinajstić information content (AvgIpc) is 3.23. The molecule has 0 radical (unpaired) electrons. The fourth-order valence-corrected chi connectivity index (χ4v) is 5.05. The van der Waals surface area contributed by atoms with Crippen molar-refractivity contribution in [2.75, 3.05) is 52.5 Å². The number of carbonyl (C=O) groups is 1. The first-order valence-electron chi connectivity index (χ1n) is 10.1. The molecule has 12 heteroatoms. The summed E-state index contributed by atoms with van der Waals surface area (Å²) in [7, 11) is -3.52. The van der Waals surface area contributed by atoms with E-state index in [0.717, 1.165) is 0 Å². The van der Waals surface area contributed by atoms with Gasteiger partial charge in [-0.25, -0.2) is 0 Å². The van der Waals surface area contributed by atoms with Gasteiger partial charge in [-0.1, -0.05) is 5.16 Å². The summed E-state index contributed by atoms with van der Waals surface area (Å²) < 4.78 is 44.1. The van der Waals surface area contributed by atoms with Gasteiger partial charge in [0.2, 0.25) is 11.7 Å². The van der Waals surface area contributed by atoms with Crippen LogP contribution in [0.3, 0.4) is 0 Å². The van der Waals surface area contributed by atoms with E-state index in [2.05, 4.69) is 10.1 Å². The number of hydrogen-bond acceptors (Lipinski definition) is 8. The third-order valence-electron chi connectivity index (χ3n) is 5.19. The fraction of sp³-hybridized carbons (Fsp3) is 0.526. The van der Waals surface area contributed by atoms with E-state index in [-0.39, 0.29) is 25.6 Å². The summed E-state index contributed by atoms with van der Waals surface area (Å²) in [5.41, 5.74) is 0.521. The Balaban J connectivity index is 1.30. The summed E-state index contributed by atoms with van der Waals surface area (Å²) in [6.07, 6.45) is 0. The molecule has 1 aromatic carbocycles. The van der Waals surface area contributed by atoms with Crippen molar-refractivity contribution in [2.45, 2.75) is 13.5 Å². The predicted molar refractivity (Wildman–Crippen MR) is 109 cm³/mol. The van der Waals surface area contributed by atoms with Crippen LogP contribution >= 0.6 is 0 Å². The van der Waals surface area contributed by atoms with Crippen molar-refractivity contribution in [3.8, 4) is 5.75 Å². The largest absolute Gasteiger partial charge is 0.485 e. The molecule has 2 saturated heterocycles. The lowest BCUT2D eigenvalue weighted by atomic mass is 10.2. The van der Waals surface area contributed by atoms with Gasteiger partial charge >= 0.3 is 0 Å². The zero-order chi connectivity index (χ0) is 21.8.